The van der Waals surface area contributed by atoms with Gasteiger partial charge in [-0.3, -0.25) is 14.5 Å². The molecule has 0 radical (unpaired) electrons. The number of hydrogen-bond acceptors (Lipinski definition) is 3. The smallest absolute Gasteiger partial charge is 0.288 e. The zero-order valence-corrected chi connectivity index (χ0v) is 14.3. The summed E-state index contributed by atoms with van der Waals surface area (Å²) in [6.45, 7) is 7.80. The average Bonchev–Trinajstić information content (AvgIpc) is 2.83. The summed E-state index contributed by atoms with van der Waals surface area (Å²) in [5.74, 6) is 0.0105. The molecule has 1 aromatic carbocycles. The quantitative estimate of drug-likeness (QED) is 0.807. The Bertz CT molecular complexity index is 609. The minimum atomic E-state index is -0.233. The van der Waals surface area contributed by atoms with Gasteiger partial charge in [-0.05, 0) is 30.2 Å². The van der Waals surface area contributed by atoms with Crippen molar-refractivity contribution >= 4 is 17.5 Å². The number of hydrogen-bond donors (Lipinski definition) is 1. The van der Waals surface area contributed by atoms with Crippen LogP contribution < -0.4 is 9.80 Å². The van der Waals surface area contributed by atoms with Crippen molar-refractivity contribution in [2.75, 3.05) is 37.6 Å². The van der Waals surface area contributed by atoms with Crippen LogP contribution in [0.25, 0.3) is 0 Å². The van der Waals surface area contributed by atoms with E-state index in [1.54, 1.807) is 12.1 Å². The van der Waals surface area contributed by atoms with Crippen LogP contribution >= 0.6 is 0 Å². The number of anilines is 1. The molecule has 130 valence electrons. The average molecular weight is 334 g/mol. The summed E-state index contributed by atoms with van der Waals surface area (Å²) in [5.41, 5.74) is 1.01. The van der Waals surface area contributed by atoms with Gasteiger partial charge in [0.05, 0.1) is 32.6 Å². The van der Waals surface area contributed by atoms with Crippen LogP contribution in [0.3, 0.4) is 0 Å². The number of amides is 2. The van der Waals surface area contributed by atoms with Gasteiger partial charge in [-0.15, -0.1) is 0 Å². The molecular formula is C18H25FN3O2+. The van der Waals surface area contributed by atoms with Crippen LogP contribution in [0.4, 0.5) is 10.1 Å². The maximum absolute atomic E-state index is 13.0. The van der Waals surface area contributed by atoms with Gasteiger partial charge in [-0.2, -0.15) is 0 Å². The van der Waals surface area contributed by atoms with Gasteiger partial charge in [0.25, 0.3) is 5.91 Å². The zero-order chi connectivity index (χ0) is 17.3. The second kappa shape index (κ2) is 6.89. The number of quaternary nitrogens is 1. The van der Waals surface area contributed by atoms with E-state index < -0.39 is 0 Å². The van der Waals surface area contributed by atoms with E-state index in [2.05, 4.69) is 4.90 Å². The van der Waals surface area contributed by atoms with E-state index in [0.717, 1.165) is 31.9 Å². The number of nitrogens with one attached hydrogen (secondary N) is 1. The number of carbonyl (C=O) groups excluding carboxylic acids is 2. The second-order valence-corrected chi connectivity index (χ2v) is 7.11. The molecule has 2 aliphatic heterocycles. The van der Waals surface area contributed by atoms with Gasteiger partial charge in [-0.1, -0.05) is 13.8 Å². The molecule has 0 spiro atoms. The van der Waals surface area contributed by atoms with Crippen LogP contribution in [0.5, 0.6) is 0 Å². The maximum atomic E-state index is 13.0. The first-order chi connectivity index (χ1) is 11.5. The lowest BCUT2D eigenvalue weighted by Crippen LogP contribution is -3.19. The van der Waals surface area contributed by atoms with Crippen molar-refractivity contribution in [1.82, 2.24) is 4.90 Å². The van der Waals surface area contributed by atoms with E-state index >= 15 is 0 Å². The molecule has 5 nitrogen and oxygen atoms in total. The minimum absolute atomic E-state index is 0.0149. The topological polar surface area (TPSA) is 45.1 Å². The van der Waals surface area contributed by atoms with Gasteiger partial charge in [-0.25, -0.2) is 4.39 Å². The molecule has 1 N–H and O–H groups in total. The molecule has 1 aromatic rings. The molecule has 0 aromatic heterocycles. The Kier molecular flexibility index (Phi) is 4.85. The van der Waals surface area contributed by atoms with E-state index in [9.17, 15) is 14.0 Å². The van der Waals surface area contributed by atoms with Crippen LogP contribution in [-0.4, -0.2) is 55.5 Å². The fraction of sp³-hybridized carbons (Fsp3) is 0.556. The lowest BCUT2D eigenvalue weighted by atomic mass is 10.1. The number of piperazine rings is 1. The first kappa shape index (κ1) is 16.9. The van der Waals surface area contributed by atoms with Crippen molar-refractivity contribution in [1.29, 1.82) is 0 Å². The Hall–Kier alpha value is -1.95. The Morgan fingerprint density at radius 1 is 1.17 bits per heavy atom. The highest BCUT2D eigenvalue weighted by molar-refractivity contribution is 6.04. The molecule has 2 heterocycles. The normalized spacial score (nSPS) is 22.8. The third-order valence-corrected chi connectivity index (χ3v) is 4.88. The molecule has 24 heavy (non-hydrogen) atoms. The monoisotopic (exact) mass is 334 g/mol. The van der Waals surface area contributed by atoms with Crippen LogP contribution in [0.2, 0.25) is 0 Å². The fourth-order valence-corrected chi connectivity index (χ4v) is 3.61. The maximum Gasteiger partial charge on any atom is 0.288 e. The Balaban J connectivity index is 1.60. The van der Waals surface area contributed by atoms with Crippen LogP contribution in [-0.2, 0) is 9.59 Å². The van der Waals surface area contributed by atoms with Crippen LogP contribution in [0.15, 0.2) is 24.3 Å². The summed E-state index contributed by atoms with van der Waals surface area (Å²) >= 11 is 0. The molecule has 0 aliphatic carbocycles. The van der Waals surface area contributed by atoms with E-state index in [0.29, 0.717) is 18.9 Å². The summed E-state index contributed by atoms with van der Waals surface area (Å²) in [6, 6.07) is 6.28. The zero-order valence-electron chi connectivity index (χ0n) is 14.3. The minimum Gasteiger partial charge on any atom is -0.360 e. The summed E-state index contributed by atoms with van der Waals surface area (Å²) in [7, 11) is 0. The molecule has 2 fully saturated rings. The molecule has 0 bridgehead atoms. The molecule has 0 unspecified atom stereocenters. The van der Waals surface area contributed by atoms with E-state index in [4.69, 9.17) is 0 Å². The summed E-state index contributed by atoms with van der Waals surface area (Å²) < 4.78 is 13.0. The predicted molar refractivity (Wildman–Crippen MR) is 89.3 cm³/mol. The lowest BCUT2D eigenvalue weighted by Gasteiger charge is -2.35. The van der Waals surface area contributed by atoms with Crippen molar-refractivity contribution in [3.8, 4) is 0 Å². The summed E-state index contributed by atoms with van der Waals surface area (Å²) in [4.78, 5) is 29.5. The SMILES string of the molecule is CC(C)CN1C(=O)C[C@@H]([NH+]2CCN(c3ccc(F)cc3)CC2)C1=O. The first-order valence-corrected chi connectivity index (χ1v) is 8.65. The van der Waals surface area contributed by atoms with E-state index in [-0.39, 0.29) is 23.7 Å². The summed E-state index contributed by atoms with van der Waals surface area (Å²) in [5, 5.41) is 0. The molecule has 2 saturated heterocycles. The molecule has 1 atom stereocenters. The van der Waals surface area contributed by atoms with E-state index in [1.807, 2.05) is 13.8 Å². The standard InChI is InChI=1S/C18H24FN3O2/c1-13(2)12-22-17(23)11-16(18(22)24)21-9-7-20(8-10-21)15-5-3-14(19)4-6-15/h3-6,13,16H,7-12H2,1-2H3/p+1/t16-/m1/s1. The van der Waals surface area contributed by atoms with Crippen molar-refractivity contribution in [3.05, 3.63) is 30.1 Å². The molecule has 2 amide bonds. The first-order valence-electron chi connectivity index (χ1n) is 8.65. The number of rotatable bonds is 4. The van der Waals surface area contributed by atoms with Crippen molar-refractivity contribution in [2.45, 2.75) is 26.3 Å². The molecule has 6 heteroatoms. The third kappa shape index (κ3) is 3.43. The van der Waals surface area contributed by atoms with Gasteiger partial charge >= 0.3 is 0 Å². The Morgan fingerprint density at radius 2 is 1.79 bits per heavy atom. The predicted octanol–water partition coefficient (Wildman–Crippen LogP) is 0.314. The molecule has 2 aliphatic rings. The third-order valence-electron chi connectivity index (χ3n) is 4.88. The van der Waals surface area contributed by atoms with Crippen molar-refractivity contribution < 1.29 is 18.9 Å². The number of halogens is 1. The molecule has 0 saturated carbocycles. The number of benzene rings is 1. The number of nitrogens with zero attached hydrogens (tertiary/aromatic N) is 2. The van der Waals surface area contributed by atoms with Crippen LogP contribution in [0.1, 0.15) is 20.3 Å². The second-order valence-electron chi connectivity index (χ2n) is 7.11. The number of carbonyl (C=O) groups is 2. The van der Waals surface area contributed by atoms with Crippen molar-refractivity contribution in [3.63, 3.8) is 0 Å². The Labute approximate surface area is 142 Å². The highest BCUT2D eigenvalue weighted by Gasteiger charge is 2.45. The van der Waals surface area contributed by atoms with Gasteiger partial charge in [0, 0.05) is 12.2 Å². The number of imide groups is 1. The van der Waals surface area contributed by atoms with E-state index in [1.165, 1.54) is 21.9 Å². The largest absolute Gasteiger partial charge is 0.360 e. The lowest BCUT2D eigenvalue weighted by molar-refractivity contribution is -0.915. The summed E-state index contributed by atoms with van der Waals surface area (Å²) in [6.07, 6.45) is 0.331. The highest BCUT2D eigenvalue weighted by Crippen LogP contribution is 2.16. The molecular weight excluding hydrogens is 309 g/mol. The highest BCUT2D eigenvalue weighted by atomic mass is 19.1. The van der Waals surface area contributed by atoms with Gasteiger partial charge in [0.1, 0.15) is 5.82 Å². The molecule has 3 rings (SSSR count). The fourth-order valence-electron chi connectivity index (χ4n) is 3.61. The Morgan fingerprint density at radius 3 is 2.38 bits per heavy atom. The van der Waals surface area contributed by atoms with Gasteiger partial charge < -0.3 is 9.80 Å². The van der Waals surface area contributed by atoms with Gasteiger partial charge in [0.15, 0.2) is 6.04 Å². The van der Waals surface area contributed by atoms with Crippen molar-refractivity contribution in [2.24, 2.45) is 5.92 Å². The van der Waals surface area contributed by atoms with Gasteiger partial charge in [0.2, 0.25) is 5.91 Å². The number of likely N-dealkylation sites (tertiary alicyclic amines) is 1. The van der Waals surface area contributed by atoms with Crippen LogP contribution in [0, 0.1) is 11.7 Å².